The van der Waals surface area contributed by atoms with E-state index in [9.17, 15) is 9.59 Å². The third kappa shape index (κ3) is 4.59. The van der Waals surface area contributed by atoms with E-state index in [0.717, 1.165) is 44.9 Å². The van der Waals surface area contributed by atoms with Crippen LogP contribution in [0.1, 0.15) is 51.9 Å². The van der Waals surface area contributed by atoms with Crippen molar-refractivity contribution >= 4 is 11.9 Å². The second kappa shape index (κ2) is 7.68. The maximum absolute atomic E-state index is 12.2. The number of rotatable bonds is 6. The summed E-state index contributed by atoms with van der Waals surface area (Å²) < 4.78 is 16.3. The van der Waals surface area contributed by atoms with E-state index in [1.165, 1.54) is 0 Å². The van der Waals surface area contributed by atoms with Gasteiger partial charge in [0.2, 0.25) is 0 Å². The fourth-order valence-electron chi connectivity index (χ4n) is 3.82. The van der Waals surface area contributed by atoms with Crippen molar-refractivity contribution in [2.45, 2.75) is 64.1 Å². The summed E-state index contributed by atoms with van der Waals surface area (Å²) in [5.41, 5.74) is 0.446. The van der Waals surface area contributed by atoms with Crippen LogP contribution >= 0.6 is 0 Å². The number of esters is 2. The zero-order valence-corrected chi connectivity index (χ0v) is 14.5. The molecule has 0 aromatic rings. The van der Waals surface area contributed by atoms with Gasteiger partial charge in [-0.25, -0.2) is 4.79 Å². The zero-order valence-electron chi connectivity index (χ0n) is 14.5. The van der Waals surface area contributed by atoms with Crippen molar-refractivity contribution in [2.75, 3.05) is 13.2 Å². The topological polar surface area (TPSA) is 65.1 Å². The van der Waals surface area contributed by atoms with Crippen molar-refractivity contribution in [1.29, 1.82) is 0 Å². The first-order valence-electron chi connectivity index (χ1n) is 9.17. The molecule has 0 N–H and O–H groups in total. The van der Waals surface area contributed by atoms with Crippen LogP contribution in [0.3, 0.4) is 0 Å². The van der Waals surface area contributed by atoms with Gasteiger partial charge in [-0.2, -0.15) is 0 Å². The third-order valence-electron chi connectivity index (χ3n) is 5.56. The first-order chi connectivity index (χ1) is 11.5. The van der Waals surface area contributed by atoms with Gasteiger partial charge in [0, 0.05) is 5.57 Å². The van der Waals surface area contributed by atoms with Crippen molar-refractivity contribution in [3.63, 3.8) is 0 Å². The van der Waals surface area contributed by atoms with Crippen molar-refractivity contribution in [1.82, 2.24) is 0 Å². The summed E-state index contributed by atoms with van der Waals surface area (Å²) in [4.78, 5) is 23.6. The molecule has 1 heterocycles. The summed E-state index contributed by atoms with van der Waals surface area (Å²) >= 11 is 0. The highest BCUT2D eigenvalue weighted by Gasteiger charge is 2.46. The molecule has 5 heteroatoms. The Labute approximate surface area is 143 Å². The number of epoxide rings is 1. The number of carbonyl (C=O) groups is 2. The van der Waals surface area contributed by atoms with E-state index in [-0.39, 0.29) is 17.9 Å². The van der Waals surface area contributed by atoms with Gasteiger partial charge in [-0.05, 0) is 63.7 Å². The Hall–Kier alpha value is -1.36. The molecular formula is C19H28O5. The average molecular weight is 336 g/mol. The normalized spacial score (nSPS) is 34.8. The third-order valence-corrected chi connectivity index (χ3v) is 5.56. The molecule has 0 aromatic heterocycles. The van der Waals surface area contributed by atoms with Gasteiger partial charge in [0.25, 0.3) is 0 Å². The summed E-state index contributed by atoms with van der Waals surface area (Å²) in [5, 5.41) is 0. The summed E-state index contributed by atoms with van der Waals surface area (Å²) in [5.74, 6) is 0.548. The van der Waals surface area contributed by atoms with Crippen molar-refractivity contribution in [3.05, 3.63) is 12.2 Å². The molecule has 3 fully saturated rings. The van der Waals surface area contributed by atoms with Gasteiger partial charge in [-0.15, -0.1) is 0 Å². The van der Waals surface area contributed by atoms with Gasteiger partial charge in [0.1, 0.15) is 0 Å². The second-order valence-corrected chi connectivity index (χ2v) is 7.62. The SMILES string of the molecule is C=C(C)C(=O)OCC1CCC(COC(=O)C2CCC3OC3C2)CC1. The Balaban J connectivity index is 1.30. The van der Waals surface area contributed by atoms with Gasteiger partial charge in [-0.3, -0.25) is 4.79 Å². The Kier molecular flexibility index (Phi) is 5.59. The minimum absolute atomic E-state index is 0.0339. The number of hydrogen-bond acceptors (Lipinski definition) is 5. The summed E-state index contributed by atoms with van der Waals surface area (Å²) in [6.45, 7) is 6.25. The molecule has 3 aliphatic rings. The van der Waals surface area contributed by atoms with Crippen molar-refractivity contribution < 1.29 is 23.8 Å². The summed E-state index contributed by atoms with van der Waals surface area (Å²) in [6.07, 6.45) is 7.57. The lowest BCUT2D eigenvalue weighted by atomic mass is 9.83. The maximum atomic E-state index is 12.2. The van der Waals surface area contributed by atoms with Gasteiger partial charge in [-0.1, -0.05) is 6.58 Å². The monoisotopic (exact) mass is 336 g/mol. The molecule has 5 nitrogen and oxygen atoms in total. The molecule has 0 radical (unpaired) electrons. The predicted molar refractivity (Wildman–Crippen MR) is 88.2 cm³/mol. The number of fused-ring (bicyclic) bond motifs is 1. The fourth-order valence-corrected chi connectivity index (χ4v) is 3.82. The van der Waals surface area contributed by atoms with E-state index < -0.39 is 0 Å². The van der Waals surface area contributed by atoms with E-state index >= 15 is 0 Å². The molecule has 3 rings (SSSR count). The van der Waals surface area contributed by atoms with Gasteiger partial charge >= 0.3 is 11.9 Å². The molecule has 0 aromatic carbocycles. The number of ether oxygens (including phenoxy) is 3. The number of carbonyl (C=O) groups excluding carboxylic acids is 2. The van der Waals surface area contributed by atoms with Crippen LogP contribution in [0.15, 0.2) is 12.2 Å². The minimum atomic E-state index is -0.305. The molecule has 0 bridgehead atoms. The molecule has 24 heavy (non-hydrogen) atoms. The smallest absolute Gasteiger partial charge is 0.333 e. The summed E-state index contributed by atoms with van der Waals surface area (Å²) in [7, 11) is 0. The largest absolute Gasteiger partial charge is 0.465 e. The standard InChI is InChI=1S/C19H28O5/c1-12(2)18(20)22-10-13-3-5-14(6-4-13)11-23-19(21)15-7-8-16-17(9-15)24-16/h13-17H,1,3-11H2,2H3. The highest BCUT2D eigenvalue weighted by atomic mass is 16.6. The Morgan fingerprint density at radius 2 is 1.58 bits per heavy atom. The van der Waals surface area contributed by atoms with Crippen molar-refractivity contribution in [2.24, 2.45) is 17.8 Å². The number of hydrogen-bond donors (Lipinski definition) is 0. The zero-order chi connectivity index (χ0) is 17.1. The van der Waals surface area contributed by atoms with Crippen LogP contribution in [0.4, 0.5) is 0 Å². The minimum Gasteiger partial charge on any atom is -0.465 e. The van der Waals surface area contributed by atoms with Crippen molar-refractivity contribution in [3.8, 4) is 0 Å². The fraction of sp³-hybridized carbons (Fsp3) is 0.789. The molecule has 2 saturated carbocycles. The van der Waals surface area contributed by atoms with E-state index in [4.69, 9.17) is 14.2 Å². The lowest BCUT2D eigenvalue weighted by Crippen LogP contribution is -2.27. The Bertz CT molecular complexity index is 492. The van der Waals surface area contributed by atoms with Crippen LogP contribution in [0, 0.1) is 17.8 Å². The predicted octanol–water partition coefficient (Wildman–Crippen LogP) is 3.02. The molecule has 2 aliphatic carbocycles. The van der Waals surface area contributed by atoms with Gasteiger partial charge in [0.05, 0.1) is 31.3 Å². The Morgan fingerprint density at radius 1 is 0.958 bits per heavy atom. The maximum Gasteiger partial charge on any atom is 0.333 e. The average Bonchev–Trinajstić information content (AvgIpc) is 3.36. The molecule has 1 saturated heterocycles. The lowest BCUT2D eigenvalue weighted by molar-refractivity contribution is -0.151. The van der Waals surface area contributed by atoms with Crippen LogP contribution < -0.4 is 0 Å². The highest BCUT2D eigenvalue weighted by molar-refractivity contribution is 5.86. The van der Waals surface area contributed by atoms with Crippen LogP contribution in [0.5, 0.6) is 0 Å². The molecule has 3 unspecified atom stereocenters. The molecule has 1 aliphatic heterocycles. The summed E-state index contributed by atoms with van der Waals surface area (Å²) in [6, 6.07) is 0. The van der Waals surface area contributed by atoms with Gasteiger partial charge in [0.15, 0.2) is 0 Å². The first kappa shape index (κ1) is 17.5. The quantitative estimate of drug-likeness (QED) is 0.424. The van der Waals surface area contributed by atoms with Crippen LogP contribution in [0.2, 0.25) is 0 Å². The highest BCUT2D eigenvalue weighted by Crippen LogP contribution is 2.40. The second-order valence-electron chi connectivity index (χ2n) is 7.62. The van der Waals surface area contributed by atoms with Gasteiger partial charge < -0.3 is 14.2 Å². The molecule has 3 atom stereocenters. The lowest BCUT2D eigenvalue weighted by Gasteiger charge is -2.28. The molecular weight excluding hydrogens is 308 g/mol. The van der Waals surface area contributed by atoms with E-state index in [1.807, 2.05) is 0 Å². The van der Waals surface area contributed by atoms with Crippen LogP contribution in [-0.4, -0.2) is 37.4 Å². The van der Waals surface area contributed by atoms with E-state index in [0.29, 0.717) is 42.8 Å². The van der Waals surface area contributed by atoms with E-state index in [2.05, 4.69) is 6.58 Å². The molecule has 134 valence electrons. The van der Waals surface area contributed by atoms with Crippen LogP contribution in [0.25, 0.3) is 0 Å². The van der Waals surface area contributed by atoms with E-state index in [1.54, 1.807) is 6.92 Å². The molecule has 0 spiro atoms. The molecule has 0 amide bonds. The first-order valence-corrected chi connectivity index (χ1v) is 9.17. The van der Waals surface area contributed by atoms with Crippen LogP contribution in [-0.2, 0) is 23.8 Å². The Morgan fingerprint density at radius 3 is 2.17 bits per heavy atom.